The monoisotopic (exact) mass is 702 g/mol. The van der Waals surface area contributed by atoms with Crippen LogP contribution in [0.1, 0.15) is 80.3 Å². The summed E-state index contributed by atoms with van der Waals surface area (Å²) < 4.78 is 31.2. The first-order valence-electron chi connectivity index (χ1n) is 17.8. The Morgan fingerprint density at radius 3 is 2.44 bits per heavy atom. The predicted molar refractivity (Wildman–Crippen MR) is 185 cm³/mol. The summed E-state index contributed by atoms with van der Waals surface area (Å²) >= 11 is 0. The predicted octanol–water partition coefficient (Wildman–Crippen LogP) is 4.03. The Labute approximate surface area is 297 Å². The second-order valence-electron chi connectivity index (χ2n) is 15.0. The molecule has 280 valence electrons. The Kier molecular flexibility index (Phi) is 12.9. The summed E-state index contributed by atoms with van der Waals surface area (Å²) in [5, 5.41) is 12.7. The van der Waals surface area contributed by atoms with Gasteiger partial charge in [-0.15, -0.1) is 0 Å². The zero-order valence-electron chi connectivity index (χ0n) is 31.5. The van der Waals surface area contributed by atoms with E-state index in [0.717, 1.165) is 0 Å². The molecule has 0 spiro atoms. The summed E-state index contributed by atoms with van der Waals surface area (Å²) in [4.78, 5) is 48.2. The van der Waals surface area contributed by atoms with E-state index in [0.29, 0.717) is 24.1 Å². The molecule has 1 amide bonds. The van der Waals surface area contributed by atoms with Crippen LogP contribution in [0.25, 0.3) is 0 Å². The third kappa shape index (κ3) is 8.24. The van der Waals surface area contributed by atoms with Crippen LogP contribution in [-0.4, -0.2) is 113 Å². The number of carbonyl (C=O) groups excluding carboxylic acids is 3. The number of methoxy groups -OCH3 is 1. The average molecular weight is 703 g/mol. The highest BCUT2D eigenvalue weighted by atomic mass is 16.7. The van der Waals surface area contributed by atoms with Crippen molar-refractivity contribution in [2.45, 2.75) is 135 Å². The van der Waals surface area contributed by atoms with E-state index in [-0.39, 0.29) is 30.9 Å². The average Bonchev–Trinajstić information content (AvgIpc) is 3.34. The third-order valence-corrected chi connectivity index (χ3v) is 10.8. The van der Waals surface area contributed by atoms with E-state index < -0.39 is 71.7 Å². The molecule has 0 radical (unpaired) electrons. The van der Waals surface area contributed by atoms with E-state index in [1.54, 1.807) is 46.2 Å². The van der Waals surface area contributed by atoms with Gasteiger partial charge >= 0.3 is 12.1 Å². The summed E-state index contributed by atoms with van der Waals surface area (Å²) in [5.41, 5.74) is 1.72. The fraction of sp³-hybridized carbons (Fsp3) is 0.730. The lowest BCUT2D eigenvalue weighted by atomic mass is 9.74. The number of hydrogen-bond acceptors (Lipinski definition) is 12. The summed E-state index contributed by atoms with van der Waals surface area (Å²) in [6.45, 7) is 14.8. The number of ether oxygens (including phenoxy) is 5. The number of aromatic nitrogens is 1. The molecule has 13 heteroatoms. The first-order chi connectivity index (χ1) is 23.5. The molecule has 3 aliphatic heterocycles. The molecule has 12 atom stereocenters. The van der Waals surface area contributed by atoms with Crippen molar-refractivity contribution in [1.29, 1.82) is 0 Å². The molecule has 1 aromatic rings. The van der Waals surface area contributed by atoms with Crippen LogP contribution < -0.4 is 5.43 Å². The molecular weight excluding hydrogens is 644 g/mol. The van der Waals surface area contributed by atoms with Crippen molar-refractivity contribution >= 4 is 17.8 Å². The number of aliphatic hydroxyl groups excluding tert-OH is 1. The van der Waals surface area contributed by atoms with Gasteiger partial charge in [-0.05, 0) is 73.2 Å². The number of aliphatic hydroxyl groups is 1. The molecular formula is C37H58N4O9. The molecule has 0 unspecified atom stereocenters. The molecule has 4 rings (SSSR count). The number of nitrogens with zero attached hydrogens (tertiary/aromatic N) is 3. The highest BCUT2D eigenvalue weighted by Gasteiger charge is 2.60. The van der Waals surface area contributed by atoms with Crippen molar-refractivity contribution in [2.75, 3.05) is 21.2 Å². The number of hydrazine groups is 1. The van der Waals surface area contributed by atoms with Crippen LogP contribution in [0.2, 0.25) is 0 Å². The minimum absolute atomic E-state index is 0.126. The largest absolute Gasteiger partial charge is 0.455 e. The number of esters is 1. The van der Waals surface area contributed by atoms with Gasteiger partial charge in [0.05, 0.1) is 30.0 Å². The van der Waals surface area contributed by atoms with Gasteiger partial charge in [-0.2, -0.15) is 0 Å². The van der Waals surface area contributed by atoms with Gasteiger partial charge in [0, 0.05) is 42.7 Å². The highest BCUT2D eigenvalue weighted by molar-refractivity contribution is 5.88. The van der Waals surface area contributed by atoms with Gasteiger partial charge in [-0.1, -0.05) is 39.8 Å². The SMILES string of the molecule is CC[C@H]1OC(=O)/C(C)=C/[C@H](C)[C@@H](O[C@@H]2O[C@H](C)C[C@H](N(C)C)[C@H]2O)[C@](C)(OC)C[C@@H](C)C(=O)[C@H](C)[C@H]2N(NCc3ccccn3)C(=O)O[C@]12C. The molecule has 0 aromatic carbocycles. The second kappa shape index (κ2) is 16.2. The molecule has 2 fully saturated rings. The summed E-state index contributed by atoms with van der Waals surface area (Å²) in [6.07, 6.45) is 0.205. The lowest BCUT2D eigenvalue weighted by molar-refractivity contribution is -0.294. The first-order valence-corrected chi connectivity index (χ1v) is 17.8. The summed E-state index contributed by atoms with van der Waals surface area (Å²) in [6, 6.07) is 4.43. The Bertz CT molecular complexity index is 1380. The Balaban J connectivity index is 1.76. The Morgan fingerprint density at radius 2 is 1.84 bits per heavy atom. The van der Waals surface area contributed by atoms with Gasteiger partial charge in [0.15, 0.2) is 11.9 Å². The summed E-state index contributed by atoms with van der Waals surface area (Å²) in [7, 11) is 5.38. The molecule has 2 N–H and O–H groups in total. The maximum absolute atomic E-state index is 14.5. The van der Waals surface area contributed by atoms with Crippen LogP contribution in [0.3, 0.4) is 0 Å². The standard InChI is InChI=1S/C37H58N4O9/c1-12-28-37(8)31(41(35(45)50-37)39-20-26-15-13-14-16-38-26)25(6)29(42)23(4)19-36(7,46-11)32(21(2)17-22(3)33(44)48-28)49-34-30(43)27(40(9)10)18-24(5)47-34/h13-17,21,23-25,27-28,30-32,34,39,43H,12,18-20H2,1-11H3/b22-17+/t21-,23+,24+,25-,27-,28+,30+,31+,32+,34-,36+,37+/m0/s1. The second-order valence-corrected chi connectivity index (χ2v) is 15.0. The number of cyclic esters (lactones) is 1. The van der Waals surface area contributed by atoms with Gasteiger partial charge in [0.1, 0.15) is 24.0 Å². The number of nitrogens with one attached hydrogen (secondary N) is 1. The van der Waals surface area contributed by atoms with Gasteiger partial charge in [-0.3, -0.25) is 9.78 Å². The van der Waals surface area contributed by atoms with Gasteiger partial charge in [0.2, 0.25) is 0 Å². The van der Waals surface area contributed by atoms with Crippen LogP contribution in [0.4, 0.5) is 4.79 Å². The molecule has 1 aromatic heterocycles. The number of ketones is 1. The third-order valence-electron chi connectivity index (χ3n) is 10.8. The number of pyridine rings is 1. The van der Waals surface area contributed by atoms with Crippen molar-refractivity contribution < 1.29 is 43.2 Å². The first kappa shape index (κ1) is 39.8. The molecule has 3 aliphatic rings. The number of likely N-dealkylation sites (N-methyl/N-ethyl adjacent to an activating group) is 1. The van der Waals surface area contributed by atoms with E-state index in [1.807, 2.05) is 65.7 Å². The summed E-state index contributed by atoms with van der Waals surface area (Å²) in [5.74, 6) is -2.48. The van der Waals surface area contributed by atoms with Crippen molar-refractivity contribution in [3.63, 3.8) is 0 Å². The number of hydrogen-bond donors (Lipinski definition) is 2. The number of amides is 1. The molecule has 50 heavy (non-hydrogen) atoms. The fourth-order valence-corrected chi connectivity index (χ4v) is 8.10. The number of fused-ring (bicyclic) bond motifs is 1. The van der Waals surface area contributed by atoms with E-state index in [2.05, 4.69) is 10.4 Å². The molecule has 4 heterocycles. The quantitative estimate of drug-likeness (QED) is 0.377. The van der Waals surface area contributed by atoms with Gasteiger partial charge < -0.3 is 33.7 Å². The van der Waals surface area contributed by atoms with E-state index >= 15 is 0 Å². The van der Waals surface area contributed by atoms with E-state index in [9.17, 15) is 19.5 Å². The van der Waals surface area contributed by atoms with Gasteiger partial charge in [-0.25, -0.2) is 20.0 Å². The normalized spacial score (nSPS) is 40.1. The fourth-order valence-electron chi connectivity index (χ4n) is 8.10. The van der Waals surface area contributed by atoms with Crippen molar-refractivity contribution in [2.24, 2.45) is 17.8 Å². The topological polar surface area (TPSA) is 149 Å². The zero-order chi connectivity index (χ0) is 37.1. The van der Waals surface area contributed by atoms with E-state index in [1.165, 1.54) is 5.01 Å². The molecule has 2 saturated heterocycles. The van der Waals surface area contributed by atoms with Crippen LogP contribution in [0.5, 0.6) is 0 Å². The van der Waals surface area contributed by atoms with Crippen molar-refractivity contribution in [3.8, 4) is 0 Å². The maximum Gasteiger partial charge on any atom is 0.425 e. The minimum Gasteiger partial charge on any atom is -0.455 e. The molecule has 0 saturated carbocycles. The lowest BCUT2D eigenvalue weighted by Crippen LogP contribution is -2.60. The number of Topliss-reactive ketones (excluding diaryl/α,β-unsaturated/α-hetero) is 1. The molecule has 0 aliphatic carbocycles. The van der Waals surface area contributed by atoms with Crippen molar-refractivity contribution in [1.82, 2.24) is 20.3 Å². The highest BCUT2D eigenvalue weighted by Crippen LogP contribution is 2.42. The molecule has 0 bridgehead atoms. The number of rotatable bonds is 8. The van der Waals surface area contributed by atoms with E-state index in [4.69, 9.17) is 23.7 Å². The van der Waals surface area contributed by atoms with Crippen molar-refractivity contribution in [3.05, 3.63) is 41.7 Å². The van der Waals surface area contributed by atoms with Crippen LogP contribution in [0, 0.1) is 17.8 Å². The molecule has 13 nitrogen and oxygen atoms in total. The van der Waals surface area contributed by atoms with Gasteiger partial charge in [0.25, 0.3) is 0 Å². The smallest absolute Gasteiger partial charge is 0.425 e. The zero-order valence-corrected chi connectivity index (χ0v) is 31.5. The maximum atomic E-state index is 14.5. The number of carbonyl (C=O) groups is 3. The Morgan fingerprint density at radius 1 is 1.14 bits per heavy atom. The minimum atomic E-state index is -1.37. The lowest BCUT2D eigenvalue weighted by Gasteiger charge is -2.46. The Hall–Kier alpha value is -2.94. The van der Waals surface area contributed by atoms with Crippen LogP contribution >= 0.6 is 0 Å². The van der Waals surface area contributed by atoms with Crippen LogP contribution in [0.15, 0.2) is 36.0 Å². The van der Waals surface area contributed by atoms with Crippen LogP contribution in [-0.2, 0) is 39.8 Å².